The van der Waals surface area contributed by atoms with Crippen LogP contribution < -0.4 is 5.32 Å². The van der Waals surface area contributed by atoms with Crippen molar-refractivity contribution in [2.75, 3.05) is 19.8 Å². The van der Waals surface area contributed by atoms with E-state index in [1.807, 2.05) is 12.1 Å². The summed E-state index contributed by atoms with van der Waals surface area (Å²) in [6, 6.07) is 10.2. The zero-order chi connectivity index (χ0) is 14.5. The lowest BCUT2D eigenvalue weighted by atomic mass is 10.0. The molecule has 1 N–H and O–H groups in total. The van der Waals surface area contributed by atoms with Gasteiger partial charge >= 0.3 is 0 Å². The molecule has 4 heteroatoms. The van der Waals surface area contributed by atoms with E-state index in [1.54, 1.807) is 12.1 Å². The molecule has 21 heavy (non-hydrogen) atoms. The summed E-state index contributed by atoms with van der Waals surface area (Å²) in [5.41, 5.74) is 0.892. The molecule has 1 aromatic heterocycles. The van der Waals surface area contributed by atoms with E-state index < -0.39 is 0 Å². The Bertz CT molecular complexity index is 558. The summed E-state index contributed by atoms with van der Waals surface area (Å²) in [5.74, 6) is 2.03. The summed E-state index contributed by atoms with van der Waals surface area (Å²) in [5, 5.41) is 3.41. The maximum atomic E-state index is 12.9. The molecule has 2 aromatic rings. The number of ether oxygens (including phenoxy) is 1. The third-order valence-corrected chi connectivity index (χ3v) is 3.78. The molecule has 1 aliphatic heterocycles. The van der Waals surface area contributed by atoms with E-state index in [-0.39, 0.29) is 5.82 Å². The first kappa shape index (κ1) is 14.3. The van der Waals surface area contributed by atoms with Crippen molar-refractivity contribution >= 4 is 0 Å². The minimum atomic E-state index is -0.234. The molecule has 0 aliphatic carbocycles. The Morgan fingerprint density at radius 3 is 2.76 bits per heavy atom. The molecule has 3 nitrogen and oxygen atoms in total. The topological polar surface area (TPSA) is 34.4 Å². The number of hydrogen-bond donors (Lipinski definition) is 1. The number of nitrogens with one attached hydrogen (secondary N) is 1. The maximum Gasteiger partial charge on any atom is 0.134 e. The Balaban J connectivity index is 1.51. The van der Waals surface area contributed by atoms with Gasteiger partial charge < -0.3 is 14.5 Å². The average molecular weight is 289 g/mol. The number of halogens is 1. The summed E-state index contributed by atoms with van der Waals surface area (Å²) in [6.45, 7) is 3.41. The first-order valence-electron chi connectivity index (χ1n) is 7.44. The minimum Gasteiger partial charge on any atom is -0.460 e. The third-order valence-electron chi connectivity index (χ3n) is 3.78. The highest BCUT2D eigenvalue weighted by Crippen LogP contribution is 2.22. The number of hydrogen-bond acceptors (Lipinski definition) is 3. The van der Waals surface area contributed by atoms with Crippen LogP contribution in [0.5, 0.6) is 0 Å². The molecule has 0 saturated carbocycles. The summed E-state index contributed by atoms with van der Waals surface area (Å²) in [7, 11) is 0. The van der Waals surface area contributed by atoms with Crippen LogP contribution in [0.15, 0.2) is 40.8 Å². The largest absolute Gasteiger partial charge is 0.460 e. The summed E-state index contributed by atoms with van der Waals surface area (Å²) in [6.07, 6.45) is 2.38. The van der Waals surface area contributed by atoms with Gasteiger partial charge in [-0.1, -0.05) is 0 Å². The Labute approximate surface area is 124 Å². The van der Waals surface area contributed by atoms with Crippen molar-refractivity contribution in [3.8, 4) is 11.3 Å². The molecule has 112 valence electrons. The van der Waals surface area contributed by atoms with Crippen molar-refractivity contribution < 1.29 is 13.5 Å². The smallest absolute Gasteiger partial charge is 0.134 e. The molecule has 1 fully saturated rings. The van der Waals surface area contributed by atoms with Gasteiger partial charge in [-0.3, -0.25) is 0 Å². The lowest BCUT2D eigenvalue weighted by Gasteiger charge is -2.21. The number of furan rings is 1. The van der Waals surface area contributed by atoms with Gasteiger partial charge in [-0.25, -0.2) is 4.39 Å². The van der Waals surface area contributed by atoms with Crippen molar-refractivity contribution in [2.45, 2.75) is 19.4 Å². The molecule has 0 radical (unpaired) electrons. The van der Waals surface area contributed by atoms with Crippen LogP contribution in [-0.4, -0.2) is 19.8 Å². The molecular weight excluding hydrogens is 269 g/mol. The van der Waals surface area contributed by atoms with E-state index in [4.69, 9.17) is 9.15 Å². The van der Waals surface area contributed by atoms with Crippen LogP contribution in [0.25, 0.3) is 11.3 Å². The van der Waals surface area contributed by atoms with E-state index in [9.17, 15) is 4.39 Å². The van der Waals surface area contributed by atoms with Crippen LogP contribution in [0.2, 0.25) is 0 Å². The summed E-state index contributed by atoms with van der Waals surface area (Å²) >= 11 is 0. The predicted octanol–water partition coefficient (Wildman–Crippen LogP) is 3.60. The van der Waals surface area contributed by atoms with Gasteiger partial charge in [0.25, 0.3) is 0 Å². The monoisotopic (exact) mass is 289 g/mol. The van der Waals surface area contributed by atoms with Gasteiger partial charge in [0.1, 0.15) is 17.3 Å². The van der Waals surface area contributed by atoms with Gasteiger partial charge in [-0.2, -0.15) is 0 Å². The summed E-state index contributed by atoms with van der Waals surface area (Å²) < 4.78 is 24.1. The molecule has 1 atom stereocenters. The second-order valence-corrected chi connectivity index (χ2v) is 5.49. The standard InChI is InChI=1S/C17H20FNO2/c18-15-5-3-14(4-6-15)17-8-7-16(21-17)11-19-10-13-2-1-9-20-12-13/h3-8,13,19H,1-2,9-12H2. The molecule has 1 aliphatic rings. The zero-order valence-electron chi connectivity index (χ0n) is 12.0. The molecule has 1 aromatic carbocycles. The van der Waals surface area contributed by atoms with Crippen molar-refractivity contribution in [2.24, 2.45) is 5.92 Å². The average Bonchev–Trinajstić information content (AvgIpc) is 2.98. The van der Waals surface area contributed by atoms with Gasteiger partial charge in [0, 0.05) is 18.7 Å². The summed E-state index contributed by atoms with van der Waals surface area (Å²) in [4.78, 5) is 0. The lowest BCUT2D eigenvalue weighted by Crippen LogP contribution is -2.28. The fourth-order valence-electron chi connectivity index (χ4n) is 2.61. The first-order chi connectivity index (χ1) is 10.3. The van der Waals surface area contributed by atoms with E-state index >= 15 is 0 Å². The fourth-order valence-corrected chi connectivity index (χ4v) is 2.61. The third kappa shape index (κ3) is 3.93. The van der Waals surface area contributed by atoms with Gasteiger partial charge in [0.15, 0.2) is 0 Å². The van der Waals surface area contributed by atoms with Gasteiger partial charge in [-0.15, -0.1) is 0 Å². The normalized spacial score (nSPS) is 18.8. The van der Waals surface area contributed by atoms with E-state index in [0.29, 0.717) is 12.5 Å². The van der Waals surface area contributed by atoms with Crippen molar-refractivity contribution in [3.63, 3.8) is 0 Å². The van der Waals surface area contributed by atoms with Crippen LogP contribution in [0.4, 0.5) is 4.39 Å². The molecule has 1 unspecified atom stereocenters. The van der Waals surface area contributed by atoms with Crippen molar-refractivity contribution in [3.05, 3.63) is 48.0 Å². The molecule has 0 amide bonds. The predicted molar refractivity (Wildman–Crippen MR) is 79.4 cm³/mol. The number of rotatable bonds is 5. The van der Waals surface area contributed by atoms with Gasteiger partial charge in [0.2, 0.25) is 0 Å². The van der Waals surface area contributed by atoms with E-state index in [0.717, 1.165) is 43.3 Å². The minimum absolute atomic E-state index is 0.234. The molecule has 1 saturated heterocycles. The van der Waals surface area contributed by atoms with Crippen LogP contribution in [0, 0.1) is 11.7 Å². The zero-order valence-corrected chi connectivity index (χ0v) is 12.0. The fraction of sp³-hybridized carbons (Fsp3) is 0.412. The van der Waals surface area contributed by atoms with Gasteiger partial charge in [0.05, 0.1) is 13.2 Å². The van der Waals surface area contributed by atoms with Gasteiger partial charge in [-0.05, 0) is 55.2 Å². The van der Waals surface area contributed by atoms with Crippen LogP contribution >= 0.6 is 0 Å². The highest BCUT2D eigenvalue weighted by Gasteiger charge is 2.13. The maximum absolute atomic E-state index is 12.9. The van der Waals surface area contributed by atoms with E-state index in [2.05, 4.69) is 5.32 Å². The second kappa shape index (κ2) is 6.87. The van der Waals surface area contributed by atoms with E-state index in [1.165, 1.54) is 18.6 Å². The molecule has 0 bridgehead atoms. The van der Waals surface area contributed by atoms with Crippen LogP contribution in [-0.2, 0) is 11.3 Å². The Morgan fingerprint density at radius 1 is 1.14 bits per heavy atom. The quantitative estimate of drug-likeness (QED) is 0.913. The highest BCUT2D eigenvalue weighted by molar-refractivity contribution is 5.57. The Morgan fingerprint density at radius 2 is 2.00 bits per heavy atom. The molecular formula is C17H20FNO2. The Hall–Kier alpha value is -1.65. The lowest BCUT2D eigenvalue weighted by molar-refractivity contribution is 0.0546. The van der Waals surface area contributed by atoms with Crippen LogP contribution in [0.3, 0.4) is 0 Å². The van der Waals surface area contributed by atoms with Crippen molar-refractivity contribution in [1.29, 1.82) is 0 Å². The molecule has 2 heterocycles. The SMILES string of the molecule is Fc1ccc(-c2ccc(CNCC3CCCOC3)o2)cc1. The molecule has 0 spiro atoms. The molecule has 3 rings (SSSR count). The second-order valence-electron chi connectivity index (χ2n) is 5.49. The first-order valence-corrected chi connectivity index (χ1v) is 7.44. The Kier molecular flexibility index (Phi) is 4.68. The highest BCUT2D eigenvalue weighted by atomic mass is 19.1. The van der Waals surface area contributed by atoms with Crippen LogP contribution in [0.1, 0.15) is 18.6 Å². The number of benzene rings is 1. The van der Waals surface area contributed by atoms with Crippen molar-refractivity contribution in [1.82, 2.24) is 5.32 Å².